The summed E-state index contributed by atoms with van der Waals surface area (Å²) in [5, 5.41) is 0. The molecule has 2 rings (SSSR count). The van der Waals surface area contributed by atoms with Crippen LogP contribution in [0.4, 0.5) is 5.69 Å². The van der Waals surface area contributed by atoms with Gasteiger partial charge in [-0.1, -0.05) is 0 Å². The molecule has 0 unspecified atom stereocenters. The summed E-state index contributed by atoms with van der Waals surface area (Å²) in [6, 6.07) is 4.73. The number of hydrogen-bond donors (Lipinski definition) is 1. The molecular formula is C14H23N3O3S. The first-order valence-corrected chi connectivity index (χ1v) is 8.65. The van der Waals surface area contributed by atoms with Gasteiger partial charge in [-0.15, -0.1) is 0 Å². The van der Waals surface area contributed by atoms with Gasteiger partial charge in [-0.25, -0.2) is 8.42 Å². The van der Waals surface area contributed by atoms with Gasteiger partial charge in [-0.3, -0.25) is 4.90 Å². The SMILES string of the molecule is COc1ccc(N)c(S(=O)(=O)CCN2CCN(C)CC2)c1. The number of piperazine rings is 1. The molecule has 0 saturated carbocycles. The highest BCUT2D eigenvalue weighted by Crippen LogP contribution is 2.25. The molecule has 21 heavy (non-hydrogen) atoms. The fourth-order valence-electron chi connectivity index (χ4n) is 2.34. The summed E-state index contributed by atoms with van der Waals surface area (Å²) in [7, 11) is 0.184. The summed E-state index contributed by atoms with van der Waals surface area (Å²) in [6.07, 6.45) is 0. The van der Waals surface area contributed by atoms with Crippen molar-refractivity contribution in [1.82, 2.24) is 9.80 Å². The number of rotatable bonds is 5. The molecule has 1 aromatic rings. The van der Waals surface area contributed by atoms with Gasteiger partial charge in [-0.05, 0) is 19.2 Å². The number of nitrogens with zero attached hydrogens (tertiary/aromatic N) is 2. The minimum atomic E-state index is -3.40. The molecule has 1 heterocycles. The topological polar surface area (TPSA) is 75.9 Å². The summed E-state index contributed by atoms with van der Waals surface area (Å²) in [5.41, 5.74) is 6.07. The molecule has 2 N–H and O–H groups in total. The molecular weight excluding hydrogens is 290 g/mol. The van der Waals surface area contributed by atoms with Crippen LogP contribution < -0.4 is 10.5 Å². The Balaban J connectivity index is 2.05. The fourth-order valence-corrected chi connectivity index (χ4v) is 3.78. The van der Waals surface area contributed by atoms with Crippen LogP contribution in [0, 0.1) is 0 Å². The molecule has 0 atom stereocenters. The van der Waals surface area contributed by atoms with Crippen molar-refractivity contribution in [2.45, 2.75) is 4.90 Å². The Kier molecular flexibility index (Phi) is 5.08. The van der Waals surface area contributed by atoms with Crippen LogP contribution in [-0.2, 0) is 9.84 Å². The van der Waals surface area contributed by atoms with Gasteiger partial charge in [0.05, 0.1) is 23.4 Å². The predicted octanol–water partition coefficient (Wildman–Crippen LogP) is 0.299. The first-order chi connectivity index (χ1) is 9.92. The van der Waals surface area contributed by atoms with Crippen LogP contribution in [0.5, 0.6) is 5.75 Å². The second kappa shape index (κ2) is 6.64. The Morgan fingerprint density at radius 1 is 1.24 bits per heavy atom. The van der Waals surface area contributed by atoms with E-state index < -0.39 is 9.84 Å². The largest absolute Gasteiger partial charge is 0.497 e. The Bertz CT molecular complexity index is 581. The van der Waals surface area contributed by atoms with Crippen LogP contribution >= 0.6 is 0 Å². The van der Waals surface area contributed by atoms with Crippen molar-refractivity contribution in [3.63, 3.8) is 0 Å². The quantitative estimate of drug-likeness (QED) is 0.788. The third-order valence-corrected chi connectivity index (χ3v) is 5.57. The number of likely N-dealkylation sites (N-methyl/N-ethyl adjacent to an activating group) is 1. The van der Waals surface area contributed by atoms with E-state index in [2.05, 4.69) is 16.8 Å². The van der Waals surface area contributed by atoms with E-state index in [-0.39, 0.29) is 16.3 Å². The van der Waals surface area contributed by atoms with Gasteiger partial charge >= 0.3 is 0 Å². The Morgan fingerprint density at radius 2 is 1.90 bits per heavy atom. The van der Waals surface area contributed by atoms with Crippen molar-refractivity contribution in [3.8, 4) is 5.75 Å². The van der Waals surface area contributed by atoms with E-state index in [0.29, 0.717) is 12.3 Å². The van der Waals surface area contributed by atoms with Crippen molar-refractivity contribution in [1.29, 1.82) is 0 Å². The van der Waals surface area contributed by atoms with E-state index in [4.69, 9.17) is 10.5 Å². The summed E-state index contributed by atoms with van der Waals surface area (Å²) >= 11 is 0. The Hall–Kier alpha value is -1.31. The molecule has 0 bridgehead atoms. The highest BCUT2D eigenvalue weighted by atomic mass is 32.2. The summed E-state index contributed by atoms with van der Waals surface area (Å²) < 4.78 is 30.0. The average Bonchev–Trinajstić information content (AvgIpc) is 2.47. The number of nitrogen functional groups attached to an aromatic ring is 1. The van der Waals surface area contributed by atoms with Crippen molar-refractivity contribution >= 4 is 15.5 Å². The van der Waals surface area contributed by atoms with E-state index in [0.717, 1.165) is 26.2 Å². The molecule has 1 aromatic carbocycles. The van der Waals surface area contributed by atoms with Gasteiger partial charge in [0, 0.05) is 38.8 Å². The molecule has 1 aliphatic heterocycles. The normalized spacial score (nSPS) is 17.8. The second-order valence-corrected chi connectivity index (χ2v) is 7.45. The van der Waals surface area contributed by atoms with E-state index in [1.54, 1.807) is 12.1 Å². The number of ether oxygens (including phenoxy) is 1. The maximum Gasteiger partial charge on any atom is 0.181 e. The average molecular weight is 313 g/mol. The van der Waals surface area contributed by atoms with E-state index in [1.807, 2.05) is 0 Å². The van der Waals surface area contributed by atoms with Crippen LogP contribution in [0.25, 0.3) is 0 Å². The lowest BCUT2D eigenvalue weighted by Crippen LogP contribution is -2.45. The van der Waals surface area contributed by atoms with Crippen LogP contribution in [0.2, 0.25) is 0 Å². The zero-order valence-electron chi connectivity index (χ0n) is 12.6. The molecule has 6 nitrogen and oxygen atoms in total. The van der Waals surface area contributed by atoms with E-state index in [9.17, 15) is 8.42 Å². The van der Waals surface area contributed by atoms with Crippen LogP contribution in [-0.4, -0.2) is 70.9 Å². The molecule has 1 saturated heterocycles. The first kappa shape index (κ1) is 16.1. The van der Waals surface area contributed by atoms with Gasteiger partial charge in [0.1, 0.15) is 5.75 Å². The van der Waals surface area contributed by atoms with Crippen molar-refractivity contribution in [3.05, 3.63) is 18.2 Å². The van der Waals surface area contributed by atoms with Crippen molar-refractivity contribution < 1.29 is 13.2 Å². The molecule has 1 fully saturated rings. The van der Waals surface area contributed by atoms with Gasteiger partial charge in [0.2, 0.25) is 0 Å². The van der Waals surface area contributed by atoms with Gasteiger partial charge in [0.25, 0.3) is 0 Å². The molecule has 0 aromatic heterocycles. The first-order valence-electron chi connectivity index (χ1n) is 6.99. The summed E-state index contributed by atoms with van der Waals surface area (Å²) in [4.78, 5) is 4.58. The Labute approximate surface area is 126 Å². The van der Waals surface area contributed by atoms with Gasteiger partial charge in [-0.2, -0.15) is 0 Å². The van der Waals surface area contributed by atoms with Crippen molar-refractivity contribution in [2.75, 3.05) is 58.4 Å². The van der Waals surface area contributed by atoms with Gasteiger partial charge < -0.3 is 15.4 Å². The number of hydrogen-bond acceptors (Lipinski definition) is 6. The molecule has 0 spiro atoms. The van der Waals surface area contributed by atoms with Crippen LogP contribution in [0.3, 0.4) is 0 Å². The minimum Gasteiger partial charge on any atom is -0.497 e. The van der Waals surface area contributed by atoms with E-state index in [1.165, 1.54) is 13.2 Å². The maximum absolute atomic E-state index is 12.5. The third-order valence-electron chi connectivity index (χ3n) is 3.83. The van der Waals surface area contributed by atoms with E-state index >= 15 is 0 Å². The molecule has 1 aliphatic rings. The third kappa shape index (κ3) is 4.09. The zero-order chi connectivity index (χ0) is 15.5. The van der Waals surface area contributed by atoms with Gasteiger partial charge in [0.15, 0.2) is 9.84 Å². The summed E-state index contributed by atoms with van der Waals surface area (Å²) in [5.74, 6) is 0.580. The number of nitrogens with two attached hydrogens (primary N) is 1. The summed E-state index contributed by atoms with van der Waals surface area (Å²) in [6.45, 7) is 4.29. The molecule has 0 aliphatic carbocycles. The number of methoxy groups -OCH3 is 1. The monoisotopic (exact) mass is 313 g/mol. The van der Waals surface area contributed by atoms with Crippen molar-refractivity contribution in [2.24, 2.45) is 0 Å². The smallest absolute Gasteiger partial charge is 0.181 e. The predicted molar refractivity (Wildman–Crippen MR) is 83.4 cm³/mol. The lowest BCUT2D eigenvalue weighted by atomic mass is 10.3. The lowest BCUT2D eigenvalue weighted by Gasteiger charge is -2.32. The second-order valence-electron chi connectivity index (χ2n) is 5.37. The highest BCUT2D eigenvalue weighted by Gasteiger charge is 2.21. The lowest BCUT2D eigenvalue weighted by molar-refractivity contribution is 0.161. The number of sulfone groups is 1. The minimum absolute atomic E-state index is 0.0775. The maximum atomic E-state index is 12.5. The Morgan fingerprint density at radius 3 is 2.52 bits per heavy atom. The molecule has 118 valence electrons. The van der Waals surface area contributed by atoms with Crippen LogP contribution in [0.15, 0.2) is 23.1 Å². The fraction of sp³-hybridized carbons (Fsp3) is 0.571. The number of benzene rings is 1. The highest BCUT2D eigenvalue weighted by molar-refractivity contribution is 7.91. The standard InChI is InChI=1S/C14H23N3O3S/c1-16-5-7-17(8-6-16)9-10-21(18,19)14-11-12(20-2)3-4-13(14)15/h3-4,11H,5-10,15H2,1-2H3. The molecule has 0 radical (unpaired) electrons. The molecule has 0 amide bonds. The number of anilines is 1. The molecule has 7 heteroatoms. The zero-order valence-corrected chi connectivity index (χ0v) is 13.4. The van der Waals surface area contributed by atoms with Crippen LogP contribution in [0.1, 0.15) is 0 Å².